The predicted octanol–water partition coefficient (Wildman–Crippen LogP) is 3.45. The van der Waals surface area contributed by atoms with Crippen molar-refractivity contribution in [2.45, 2.75) is 25.7 Å². The van der Waals surface area contributed by atoms with Crippen LogP contribution in [0, 0.1) is 11.6 Å². The summed E-state index contributed by atoms with van der Waals surface area (Å²) in [7, 11) is 0. The van der Waals surface area contributed by atoms with E-state index in [0.717, 1.165) is 0 Å². The lowest BCUT2D eigenvalue weighted by Gasteiger charge is -2.28. The van der Waals surface area contributed by atoms with Crippen LogP contribution in [0.25, 0.3) is 10.9 Å². The van der Waals surface area contributed by atoms with Gasteiger partial charge in [-0.25, -0.2) is 8.78 Å². The first-order valence-corrected chi connectivity index (χ1v) is 9.23. The van der Waals surface area contributed by atoms with Crippen molar-refractivity contribution in [1.82, 2.24) is 15.5 Å². The average molecular weight is 412 g/mol. The SMILES string of the molecule is CC1=C(CC(=O)Nc2cc3cn[nH]c3cc2F)C(c2cccc(O)c2F)CC(=O)N1. The Balaban J connectivity index is 1.62. The Morgan fingerprint density at radius 2 is 2.13 bits per heavy atom. The zero-order chi connectivity index (χ0) is 21.4. The zero-order valence-corrected chi connectivity index (χ0v) is 15.9. The topological polar surface area (TPSA) is 107 Å². The van der Waals surface area contributed by atoms with Crippen LogP contribution in [-0.2, 0) is 9.59 Å². The second-order valence-electron chi connectivity index (χ2n) is 7.15. The summed E-state index contributed by atoms with van der Waals surface area (Å²) in [5.74, 6) is -3.56. The number of hydrogen-bond acceptors (Lipinski definition) is 4. The van der Waals surface area contributed by atoms with Gasteiger partial charge < -0.3 is 15.7 Å². The van der Waals surface area contributed by atoms with Gasteiger partial charge in [-0.15, -0.1) is 0 Å². The van der Waals surface area contributed by atoms with Crippen LogP contribution in [-0.4, -0.2) is 27.1 Å². The van der Waals surface area contributed by atoms with Gasteiger partial charge in [0.05, 0.1) is 23.8 Å². The summed E-state index contributed by atoms with van der Waals surface area (Å²) >= 11 is 0. The number of aromatic hydroxyl groups is 1. The van der Waals surface area contributed by atoms with Crippen molar-refractivity contribution in [2.24, 2.45) is 0 Å². The highest BCUT2D eigenvalue weighted by Gasteiger charge is 2.31. The maximum Gasteiger partial charge on any atom is 0.228 e. The highest BCUT2D eigenvalue weighted by Crippen LogP contribution is 2.38. The van der Waals surface area contributed by atoms with Crippen LogP contribution in [0.15, 0.2) is 47.8 Å². The first-order valence-electron chi connectivity index (χ1n) is 9.23. The average Bonchev–Trinajstić information content (AvgIpc) is 3.13. The number of carbonyl (C=O) groups excluding carboxylic acids is 2. The Bertz CT molecular complexity index is 1200. The van der Waals surface area contributed by atoms with Crippen LogP contribution >= 0.6 is 0 Å². The number of carbonyl (C=O) groups is 2. The molecule has 1 unspecified atom stereocenters. The van der Waals surface area contributed by atoms with E-state index in [0.29, 0.717) is 22.2 Å². The number of nitrogens with one attached hydrogen (secondary N) is 3. The first kappa shape index (κ1) is 19.6. The van der Waals surface area contributed by atoms with E-state index < -0.39 is 29.2 Å². The number of allylic oxidation sites excluding steroid dienone is 1. The van der Waals surface area contributed by atoms with Crippen LogP contribution in [0.2, 0.25) is 0 Å². The molecule has 0 radical (unpaired) electrons. The number of anilines is 1. The van der Waals surface area contributed by atoms with Crippen molar-refractivity contribution in [3.05, 3.63) is 65.0 Å². The van der Waals surface area contributed by atoms with Gasteiger partial charge in [0.25, 0.3) is 0 Å². The molecule has 9 heteroatoms. The van der Waals surface area contributed by atoms with Gasteiger partial charge in [0, 0.05) is 29.5 Å². The Morgan fingerprint density at radius 3 is 2.93 bits per heavy atom. The molecule has 4 N–H and O–H groups in total. The fourth-order valence-corrected chi connectivity index (χ4v) is 3.70. The van der Waals surface area contributed by atoms with Gasteiger partial charge in [-0.2, -0.15) is 5.10 Å². The monoisotopic (exact) mass is 412 g/mol. The minimum Gasteiger partial charge on any atom is -0.505 e. The quantitative estimate of drug-likeness (QED) is 0.526. The van der Waals surface area contributed by atoms with Gasteiger partial charge in [0.2, 0.25) is 11.8 Å². The second kappa shape index (κ2) is 7.58. The zero-order valence-electron chi connectivity index (χ0n) is 15.9. The van der Waals surface area contributed by atoms with Crippen molar-refractivity contribution in [1.29, 1.82) is 0 Å². The molecule has 2 heterocycles. The van der Waals surface area contributed by atoms with Crippen molar-refractivity contribution in [2.75, 3.05) is 5.32 Å². The lowest BCUT2D eigenvalue weighted by Crippen LogP contribution is -2.32. The minimum absolute atomic E-state index is 0.00733. The summed E-state index contributed by atoms with van der Waals surface area (Å²) < 4.78 is 28.8. The Morgan fingerprint density at radius 1 is 1.33 bits per heavy atom. The largest absolute Gasteiger partial charge is 0.505 e. The molecule has 1 atom stereocenters. The highest BCUT2D eigenvalue weighted by atomic mass is 19.1. The Kier molecular flexibility index (Phi) is 4.94. The molecule has 2 aromatic carbocycles. The van der Waals surface area contributed by atoms with E-state index in [2.05, 4.69) is 20.8 Å². The molecule has 0 saturated heterocycles. The molecule has 7 nitrogen and oxygen atoms in total. The number of fused-ring (bicyclic) bond motifs is 1. The molecule has 1 aromatic heterocycles. The predicted molar refractivity (Wildman–Crippen MR) is 106 cm³/mol. The number of phenols is 1. The summed E-state index contributed by atoms with van der Waals surface area (Å²) in [6.45, 7) is 1.62. The fourth-order valence-electron chi connectivity index (χ4n) is 3.70. The van der Waals surface area contributed by atoms with Gasteiger partial charge in [-0.3, -0.25) is 14.7 Å². The summed E-state index contributed by atoms with van der Waals surface area (Å²) in [6.07, 6.45) is 1.25. The van der Waals surface area contributed by atoms with E-state index in [1.54, 1.807) is 6.92 Å². The van der Waals surface area contributed by atoms with Crippen molar-refractivity contribution < 1.29 is 23.5 Å². The molecule has 30 heavy (non-hydrogen) atoms. The van der Waals surface area contributed by atoms with E-state index in [1.807, 2.05) is 0 Å². The van der Waals surface area contributed by atoms with Crippen LogP contribution in [0.4, 0.5) is 14.5 Å². The van der Waals surface area contributed by atoms with Crippen LogP contribution < -0.4 is 10.6 Å². The lowest BCUT2D eigenvalue weighted by molar-refractivity contribution is -0.121. The fraction of sp³-hybridized carbons (Fsp3) is 0.190. The third-order valence-electron chi connectivity index (χ3n) is 5.16. The van der Waals surface area contributed by atoms with Crippen molar-refractivity contribution in [3.63, 3.8) is 0 Å². The number of aromatic nitrogens is 2. The number of phenolic OH excluding ortho intramolecular Hbond substituents is 1. The van der Waals surface area contributed by atoms with Crippen molar-refractivity contribution in [3.8, 4) is 5.75 Å². The normalized spacial score (nSPS) is 16.6. The molecule has 154 valence electrons. The standard InChI is InChI=1S/C21H18F2N4O3/c1-10-13(14(7-19(29)25-10)12-3-2-4-18(28)21(12)23)6-20(30)26-17-5-11-9-24-27-16(11)8-15(17)22/h2-5,8-9,14,28H,6-7H2,1H3,(H,24,27)(H,25,29)(H,26,30). The summed E-state index contributed by atoms with van der Waals surface area (Å²) in [6, 6.07) is 6.84. The maximum absolute atomic E-state index is 14.5. The molecule has 0 aliphatic carbocycles. The van der Waals surface area contributed by atoms with Crippen LogP contribution in [0.3, 0.4) is 0 Å². The Hall–Kier alpha value is -3.75. The molecule has 4 rings (SSSR count). The van der Waals surface area contributed by atoms with Gasteiger partial charge >= 0.3 is 0 Å². The minimum atomic E-state index is -0.834. The van der Waals surface area contributed by atoms with Crippen molar-refractivity contribution >= 4 is 28.4 Å². The molecule has 1 aliphatic rings. The summed E-state index contributed by atoms with van der Waals surface area (Å²) in [5, 5.41) is 22.0. The van der Waals surface area contributed by atoms with Gasteiger partial charge in [0.15, 0.2) is 11.6 Å². The maximum atomic E-state index is 14.5. The molecule has 0 fully saturated rings. The number of aromatic amines is 1. The highest BCUT2D eigenvalue weighted by molar-refractivity contribution is 5.95. The second-order valence-corrected chi connectivity index (χ2v) is 7.15. The molecule has 0 bridgehead atoms. The smallest absolute Gasteiger partial charge is 0.228 e. The van der Waals surface area contributed by atoms with Crippen LogP contribution in [0.1, 0.15) is 31.2 Å². The first-order chi connectivity index (χ1) is 14.3. The molecule has 1 aliphatic heterocycles. The molecule has 0 spiro atoms. The third kappa shape index (κ3) is 3.61. The van der Waals surface area contributed by atoms with E-state index in [9.17, 15) is 23.5 Å². The summed E-state index contributed by atoms with van der Waals surface area (Å²) in [5.41, 5.74) is 1.53. The number of benzene rings is 2. The van der Waals surface area contributed by atoms with E-state index in [4.69, 9.17) is 0 Å². The molecule has 2 amide bonds. The number of amides is 2. The molecular formula is C21H18F2N4O3. The Labute approximate surface area is 169 Å². The van der Waals surface area contributed by atoms with Gasteiger partial charge in [0.1, 0.15) is 5.82 Å². The van der Waals surface area contributed by atoms with Gasteiger partial charge in [-0.05, 0) is 30.2 Å². The van der Waals surface area contributed by atoms with Crippen LogP contribution in [0.5, 0.6) is 5.75 Å². The van der Waals surface area contributed by atoms with E-state index >= 15 is 0 Å². The number of rotatable bonds is 4. The molecular weight excluding hydrogens is 394 g/mol. The third-order valence-corrected chi connectivity index (χ3v) is 5.16. The molecule has 3 aromatic rings. The van der Waals surface area contributed by atoms with Gasteiger partial charge in [-0.1, -0.05) is 12.1 Å². The number of H-pyrrole nitrogens is 1. The number of halogens is 2. The van der Waals surface area contributed by atoms with E-state index in [1.165, 1.54) is 36.5 Å². The lowest BCUT2D eigenvalue weighted by atomic mass is 9.82. The number of nitrogens with zero attached hydrogens (tertiary/aromatic N) is 1. The van der Waals surface area contributed by atoms with E-state index in [-0.39, 0.29) is 30.0 Å². The summed E-state index contributed by atoms with van der Waals surface area (Å²) in [4.78, 5) is 24.7. The molecule has 0 saturated carbocycles. The number of hydrogen-bond donors (Lipinski definition) is 4.